The quantitative estimate of drug-likeness (QED) is 0.641. The Hall–Kier alpha value is -0.980. The van der Waals surface area contributed by atoms with E-state index in [4.69, 9.17) is 23.2 Å². The molecule has 0 spiro atoms. The maximum atomic E-state index is 6.27. The molecule has 0 fully saturated rings. The predicted molar refractivity (Wildman–Crippen MR) is 75.9 cm³/mol. The Morgan fingerprint density at radius 2 is 1.71 bits per heavy atom. The van der Waals surface area contributed by atoms with E-state index >= 15 is 0 Å². The zero-order valence-electron chi connectivity index (χ0n) is 9.93. The van der Waals surface area contributed by atoms with Crippen molar-refractivity contribution in [2.24, 2.45) is 0 Å². The van der Waals surface area contributed by atoms with Gasteiger partial charge in [0.25, 0.3) is 0 Å². The summed E-state index contributed by atoms with van der Waals surface area (Å²) < 4.78 is 0. The molecule has 0 unspecified atom stereocenters. The third-order valence-electron chi connectivity index (χ3n) is 2.87. The standard InChI is InChI=1S/C15H14Cl2/c1-10-3-4-11(2)13(7-10)14-8-12(9-16)5-6-15(14)17/h3-8H,9H2,1-2H3. The zero-order chi connectivity index (χ0) is 12.4. The minimum absolute atomic E-state index is 0.509. The number of aryl methyl sites for hydroxylation is 2. The average molecular weight is 265 g/mol. The van der Waals surface area contributed by atoms with Crippen LogP contribution in [-0.4, -0.2) is 0 Å². The van der Waals surface area contributed by atoms with Crippen LogP contribution in [0.2, 0.25) is 5.02 Å². The lowest BCUT2D eigenvalue weighted by molar-refractivity contribution is 1.36. The van der Waals surface area contributed by atoms with Crippen LogP contribution in [0.5, 0.6) is 0 Å². The van der Waals surface area contributed by atoms with Crippen molar-refractivity contribution < 1.29 is 0 Å². The van der Waals surface area contributed by atoms with E-state index in [0.29, 0.717) is 5.88 Å². The van der Waals surface area contributed by atoms with Crippen molar-refractivity contribution in [3.8, 4) is 11.1 Å². The third kappa shape index (κ3) is 2.65. The summed E-state index contributed by atoms with van der Waals surface area (Å²) in [5.41, 5.74) is 5.79. The van der Waals surface area contributed by atoms with E-state index in [1.54, 1.807) is 0 Å². The van der Waals surface area contributed by atoms with Crippen molar-refractivity contribution >= 4 is 23.2 Å². The molecule has 0 heterocycles. The first-order valence-corrected chi connectivity index (χ1v) is 6.45. The van der Waals surface area contributed by atoms with Gasteiger partial charge in [-0.25, -0.2) is 0 Å². The van der Waals surface area contributed by atoms with Gasteiger partial charge in [-0.05, 0) is 42.7 Å². The molecule has 0 aliphatic rings. The fourth-order valence-corrected chi connectivity index (χ4v) is 2.27. The van der Waals surface area contributed by atoms with Crippen molar-refractivity contribution in [3.63, 3.8) is 0 Å². The monoisotopic (exact) mass is 264 g/mol. The first-order valence-electron chi connectivity index (χ1n) is 5.54. The lowest BCUT2D eigenvalue weighted by Crippen LogP contribution is -1.88. The van der Waals surface area contributed by atoms with Gasteiger partial charge < -0.3 is 0 Å². The van der Waals surface area contributed by atoms with Crippen molar-refractivity contribution in [1.82, 2.24) is 0 Å². The highest BCUT2D eigenvalue weighted by atomic mass is 35.5. The summed E-state index contributed by atoms with van der Waals surface area (Å²) in [5.74, 6) is 0.509. The highest BCUT2D eigenvalue weighted by Crippen LogP contribution is 2.32. The number of rotatable bonds is 2. The Balaban J connectivity index is 2.62. The summed E-state index contributed by atoms with van der Waals surface area (Å²) in [6.45, 7) is 4.18. The van der Waals surface area contributed by atoms with Crippen LogP contribution >= 0.6 is 23.2 Å². The van der Waals surface area contributed by atoms with Crippen LogP contribution in [0.3, 0.4) is 0 Å². The summed E-state index contributed by atoms with van der Waals surface area (Å²) in [7, 11) is 0. The Kier molecular flexibility index (Phi) is 3.76. The molecule has 0 aliphatic heterocycles. The summed E-state index contributed by atoms with van der Waals surface area (Å²) in [6, 6.07) is 12.3. The maximum Gasteiger partial charge on any atom is 0.0484 e. The fraction of sp³-hybridized carbons (Fsp3) is 0.200. The van der Waals surface area contributed by atoms with Crippen LogP contribution in [0.15, 0.2) is 36.4 Å². The molecule has 0 atom stereocenters. The minimum Gasteiger partial charge on any atom is -0.122 e. The normalized spacial score (nSPS) is 10.6. The van der Waals surface area contributed by atoms with Crippen molar-refractivity contribution in [3.05, 3.63) is 58.1 Å². The Bertz CT molecular complexity index is 545. The molecule has 0 aliphatic carbocycles. The molecular weight excluding hydrogens is 251 g/mol. The highest BCUT2D eigenvalue weighted by molar-refractivity contribution is 6.33. The second-order valence-corrected chi connectivity index (χ2v) is 4.94. The zero-order valence-corrected chi connectivity index (χ0v) is 11.4. The van der Waals surface area contributed by atoms with Crippen LogP contribution in [0.4, 0.5) is 0 Å². The first-order chi connectivity index (χ1) is 8.11. The summed E-state index contributed by atoms with van der Waals surface area (Å²) in [5, 5.41) is 0.771. The van der Waals surface area contributed by atoms with E-state index in [1.807, 2.05) is 12.1 Å². The van der Waals surface area contributed by atoms with Gasteiger partial charge in [-0.1, -0.05) is 41.4 Å². The molecule has 17 heavy (non-hydrogen) atoms. The molecule has 0 nitrogen and oxygen atoms in total. The molecular formula is C15H14Cl2. The van der Waals surface area contributed by atoms with E-state index in [-0.39, 0.29) is 0 Å². The molecule has 88 valence electrons. The van der Waals surface area contributed by atoms with Gasteiger partial charge in [0.15, 0.2) is 0 Å². The van der Waals surface area contributed by atoms with E-state index in [0.717, 1.165) is 16.1 Å². The molecule has 0 amide bonds. The highest BCUT2D eigenvalue weighted by Gasteiger charge is 2.07. The van der Waals surface area contributed by atoms with Gasteiger partial charge in [-0.3, -0.25) is 0 Å². The van der Waals surface area contributed by atoms with Gasteiger partial charge in [-0.15, -0.1) is 11.6 Å². The van der Waals surface area contributed by atoms with Crippen molar-refractivity contribution in [1.29, 1.82) is 0 Å². The molecule has 2 rings (SSSR count). The molecule has 0 saturated carbocycles. The minimum atomic E-state index is 0.509. The fourth-order valence-electron chi connectivity index (χ4n) is 1.89. The number of hydrogen-bond acceptors (Lipinski definition) is 0. The van der Waals surface area contributed by atoms with Crippen LogP contribution in [0.25, 0.3) is 11.1 Å². The van der Waals surface area contributed by atoms with Gasteiger partial charge in [0.2, 0.25) is 0 Å². The number of benzene rings is 2. The number of hydrogen-bond donors (Lipinski definition) is 0. The van der Waals surface area contributed by atoms with Gasteiger partial charge in [0, 0.05) is 16.5 Å². The lowest BCUT2D eigenvalue weighted by Gasteiger charge is -2.10. The predicted octanol–water partition coefficient (Wildman–Crippen LogP) is 5.36. The summed E-state index contributed by atoms with van der Waals surface area (Å²) >= 11 is 12.1. The van der Waals surface area contributed by atoms with E-state index < -0.39 is 0 Å². The van der Waals surface area contributed by atoms with Crippen LogP contribution < -0.4 is 0 Å². The van der Waals surface area contributed by atoms with E-state index in [2.05, 4.69) is 38.1 Å². The van der Waals surface area contributed by atoms with E-state index in [9.17, 15) is 0 Å². The third-order valence-corrected chi connectivity index (χ3v) is 3.51. The first kappa shape index (κ1) is 12.5. The van der Waals surface area contributed by atoms with Crippen molar-refractivity contribution in [2.45, 2.75) is 19.7 Å². The molecule has 0 aromatic heterocycles. The van der Waals surface area contributed by atoms with Crippen LogP contribution in [-0.2, 0) is 5.88 Å². The van der Waals surface area contributed by atoms with Crippen LogP contribution in [0.1, 0.15) is 16.7 Å². The lowest BCUT2D eigenvalue weighted by atomic mass is 9.97. The van der Waals surface area contributed by atoms with Gasteiger partial charge in [-0.2, -0.15) is 0 Å². The molecule has 2 heteroatoms. The van der Waals surface area contributed by atoms with Gasteiger partial charge in [0.05, 0.1) is 0 Å². The second kappa shape index (κ2) is 5.12. The van der Waals surface area contributed by atoms with Gasteiger partial charge in [0.1, 0.15) is 0 Å². The number of alkyl halides is 1. The second-order valence-electron chi connectivity index (χ2n) is 4.27. The average Bonchev–Trinajstić information content (AvgIpc) is 2.33. The Morgan fingerprint density at radius 1 is 0.941 bits per heavy atom. The SMILES string of the molecule is Cc1ccc(C)c(-c2cc(CCl)ccc2Cl)c1. The van der Waals surface area contributed by atoms with E-state index in [1.165, 1.54) is 16.7 Å². The molecule has 0 saturated heterocycles. The van der Waals surface area contributed by atoms with Crippen molar-refractivity contribution in [2.75, 3.05) is 0 Å². The smallest absolute Gasteiger partial charge is 0.0484 e. The van der Waals surface area contributed by atoms with Crippen LogP contribution in [0, 0.1) is 13.8 Å². The topological polar surface area (TPSA) is 0 Å². The Labute approximate surface area is 112 Å². The Morgan fingerprint density at radius 3 is 2.41 bits per heavy atom. The molecule has 2 aromatic rings. The maximum absolute atomic E-state index is 6.27. The molecule has 0 bridgehead atoms. The van der Waals surface area contributed by atoms with Gasteiger partial charge >= 0.3 is 0 Å². The molecule has 2 aromatic carbocycles. The molecule has 0 N–H and O–H groups in total. The summed E-state index contributed by atoms with van der Waals surface area (Å²) in [4.78, 5) is 0. The summed E-state index contributed by atoms with van der Waals surface area (Å²) in [6.07, 6.45) is 0. The number of halogens is 2. The molecule has 0 radical (unpaired) electrons. The largest absolute Gasteiger partial charge is 0.122 e.